The lowest BCUT2D eigenvalue weighted by molar-refractivity contribution is 1.08. The second-order valence-corrected chi connectivity index (χ2v) is 34.7. The molecule has 0 fully saturated rings. The van der Waals surface area contributed by atoms with Crippen LogP contribution in [0, 0.1) is 0 Å². The van der Waals surface area contributed by atoms with Gasteiger partial charge in [-0.15, -0.1) is 34.0 Å². The van der Waals surface area contributed by atoms with Crippen molar-refractivity contribution < 1.29 is 0 Å². The zero-order valence-electron chi connectivity index (χ0n) is 63.8. The maximum absolute atomic E-state index is 5.60. The zero-order valence-corrected chi connectivity index (χ0v) is 66.3. The number of hydrogen-bond donors (Lipinski definition) is 0. The van der Waals surface area contributed by atoms with E-state index in [1.165, 1.54) is 120 Å². The van der Waals surface area contributed by atoms with E-state index in [-0.39, 0.29) is 0 Å². The average Bonchev–Trinajstić information content (AvgIpc) is 1.54. The van der Waals surface area contributed by atoms with E-state index in [0.717, 1.165) is 110 Å². The SMILES string of the molecule is c1ccc(-c2nc(-c3ccc4sc5cc(-c6cccc(-n7c8ccccc8c8c(-c9nc(-c%10ccccc%10)nc(-c%10ccc(-n%11c%12ccc%13cccc%14sc%15cccc%16ccc%11c(c%16%15)c%12c%13%14)c%11ccccc%10%11)n9)cccc87)c6)ccc5c4c3)nc(-c3ccc(-n4c5ccc6cccc7sc8cccc9ccc4c(c98)c5c67)c4ccccc34)n2)cc1. The molecule has 120 heavy (non-hydrogen) atoms. The topological polar surface area (TPSA) is 92.1 Å². The van der Waals surface area contributed by atoms with E-state index >= 15 is 0 Å². The molecule has 8 heterocycles. The van der Waals surface area contributed by atoms with Crippen LogP contribution in [0.15, 0.2) is 358 Å². The first-order chi connectivity index (χ1) is 59.5. The van der Waals surface area contributed by atoms with E-state index < -0.39 is 0 Å². The van der Waals surface area contributed by atoms with E-state index in [2.05, 4.69) is 347 Å². The van der Waals surface area contributed by atoms with Crippen molar-refractivity contribution in [3.63, 3.8) is 0 Å². The van der Waals surface area contributed by atoms with Crippen LogP contribution in [0.3, 0.4) is 0 Å². The van der Waals surface area contributed by atoms with Gasteiger partial charge in [-0.3, -0.25) is 0 Å². The molecule has 0 spiro atoms. The standard InChI is InChI=1S/C108H59N9S3/c1-3-19-64(20-4-1)103-109-105(113-106(110-103)75-48-54-81(72-31-9-7-29-70(72)75)116-84-50-42-60-23-14-37-89-94(60)99(84)100-85(116)51-43-61-24-15-38-90(119-89)95(61)100)68-46-56-88-79(58-68)74-47-41-67(59-93(74)118-88)66-27-13-28-69(57-66)115-80-35-12-11-33-77(80)98-78(34-18-36-83(98)115)108-112-104(65-21-5-2-6-22-65)111-107(114-108)76-49-55-82(73-32-10-8-30-71(73)76)117-86-52-44-62-25-16-39-91-96(62)101(86)102-87(117)53-45-63-26-17-40-92(120-91)97(63)102/h1-59H. The van der Waals surface area contributed by atoms with Gasteiger partial charge >= 0.3 is 0 Å². The average molecular weight is 1580 g/mol. The van der Waals surface area contributed by atoms with Gasteiger partial charge in [-0.25, -0.2) is 29.9 Å². The van der Waals surface area contributed by atoms with Crippen molar-refractivity contribution in [2.24, 2.45) is 0 Å². The molecule has 0 saturated carbocycles. The highest BCUT2D eigenvalue weighted by Crippen LogP contribution is 2.52. The summed E-state index contributed by atoms with van der Waals surface area (Å²) in [6, 6.07) is 130. The van der Waals surface area contributed by atoms with Gasteiger partial charge in [0, 0.05) is 143 Å². The van der Waals surface area contributed by atoms with Gasteiger partial charge in [0.05, 0.1) is 44.5 Å². The lowest BCUT2D eigenvalue weighted by Gasteiger charge is -2.16. The predicted molar refractivity (Wildman–Crippen MR) is 505 cm³/mol. The molecule has 0 aliphatic carbocycles. The minimum Gasteiger partial charge on any atom is -0.309 e. The fourth-order valence-electron chi connectivity index (χ4n) is 19.9. The van der Waals surface area contributed by atoms with Crippen molar-refractivity contribution in [2.45, 2.75) is 0 Å². The Morgan fingerprint density at radius 1 is 0.175 bits per heavy atom. The first-order valence-corrected chi connectivity index (χ1v) is 42.9. The van der Waals surface area contributed by atoms with Crippen molar-refractivity contribution >= 4 is 203 Å². The molecule has 0 N–H and O–H groups in total. The minimum atomic E-state index is 0.596. The smallest absolute Gasteiger partial charge is 0.164 e. The first kappa shape index (κ1) is 66.0. The normalized spacial score (nSPS) is 12.3. The molecule has 554 valence electrons. The van der Waals surface area contributed by atoms with Crippen LogP contribution in [0.25, 0.3) is 266 Å². The summed E-state index contributed by atoms with van der Waals surface area (Å²) in [4.78, 5) is 32.6. The van der Waals surface area contributed by atoms with Crippen LogP contribution < -0.4 is 0 Å². The van der Waals surface area contributed by atoms with Gasteiger partial charge in [-0.1, -0.05) is 237 Å². The lowest BCUT2D eigenvalue weighted by Crippen LogP contribution is -2.02. The van der Waals surface area contributed by atoms with Gasteiger partial charge in [0.15, 0.2) is 34.9 Å². The summed E-state index contributed by atoms with van der Waals surface area (Å²) in [5.41, 5.74) is 17.9. The molecular formula is C108H59N9S3. The maximum Gasteiger partial charge on any atom is 0.164 e. The summed E-state index contributed by atoms with van der Waals surface area (Å²) in [7, 11) is 0. The molecule has 0 bridgehead atoms. The summed E-state index contributed by atoms with van der Waals surface area (Å²) < 4.78 is 14.9. The molecule has 0 atom stereocenters. The highest BCUT2D eigenvalue weighted by molar-refractivity contribution is 7.26. The summed E-state index contributed by atoms with van der Waals surface area (Å²) in [6.07, 6.45) is 0. The maximum atomic E-state index is 5.60. The largest absolute Gasteiger partial charge is 0.309 e. The molecule has 0 aliphatic heterocycles. The fraction of sp³-hybridized carbons (Fsp3) is 0. The Kier molecular flexibility index (Phi) is 13.8. The van der Waals surface area contributed by atoms with Crippen LogP contribution in [0.4, 0.5) is 0 Å². The van der Waals surface area contributed by atoms with Crippen LogP contribution in [-0.4, -0.2) is 43.6 Å². The molecule has 9 nitrogen and oxygen atoms in total. The van der Waals surface area contributed by atoms with Crippen molar-refractivity contribution in [1.29, 1.82) is 0 Å². The van der Waals surface area contributed by atoms with Gasteiger partial charge in [0.2, 0.25) is 0 Å². The zero-order chi connectivity index (χ0) is 78.1. The van der Waals surface area contributed by atoms with Gasteiger partial charge < -0.3 is 13.7 Å². The van der Waals surface area contributed by atoms with Crippen LogP contribution in [0.2, 0.25) is 0 Å². The van der Waals surface area contributed by atoms with E-state index in [4.69, 9.17) is 29.9 Å². The Balaban J connectivity index is 0.556. The summed E-state index contributed by atoms with van der Waals surface area (Å²) in [5, 5.41) is 24.2. The van der Waals surface area contributed by atoms with E-state index in [0.29, 0.717) is 34.9 Å². The number of nitrogens with zero attached hydrogens (tertiary/aromatic N) is 9. The minimum absolute atomic E-state index is 0.596. The van der Waals surface area contributed by atoms with Gasteiger partial charge in [0.1, 0.15) is 0 Å². The number of thiophene rings is 1. The molecule has 0 unspecified atom stereocenters. The molecule has 8 aromatic heterocycles. The Morgan fingerprint density at radius 3 is 1.09 bits per heavy atom. The first-order valence-electron chi connectivity index (χ1n) is 40.5. The number of hydrogen-bond acceptors (Lipinski definition) is 9. The second kappa shape index (κ2) is 25.2. The van der Waals surface area contributed by atoms with Gasteiger partial charge in [-0.2, -0.15) is 0 Å². The van der Waals surface area contributed by atoms with Crippen LogP contribution >= 0.6 is 34.0 Å². The highest BCUT2D eigenvalue weighted by atomic mass is 32.1. The van der Waals surface area contributed by atoms with Crippen LogP contribution in [0.1, 0.15) is 0 Å². The van der Waals surface area contributed by atoms with Crippen LogP contribution in [0.5, 0.6) is 0 Å². The van der Waals surface area contributed by atoms with E-state index in [9.17, 15) is 0 Å². The molecule has 0 radical (unpaired) electrons. The molecule has 0 saturated heterocycles. The monoisotopic (exact) mass is 1580 g/mol. The molecular weight excluding hydrogens is 1520 g/mol. The molecule has 12 heteroatoms. The lowest BCUT2D eigenvalue weighted by atomic mass is 10.00. The Bertz CT molecular complexity index is 8870. The second-order valence-electron chi connectivity index (χ2n) is 31.5. The number of fused-ring (bicyclic) bond motifs is 8. The summed E-state index contributed by atoms with van der Waals surface area (Å²) in [5.74, 6) is 3.64. The third-order valence-electron chi connectivity index (χ3n) is 25.1. The predicted octanol–water partition coefficient (Wildman–Crippen LogP) is 29.6. The Labute approximate surface area is 695 Å². The summed E-state index contributed by atoms with van der Waals surface area (Å²) >= 11 is 5.57. The number of rotatable bonds is 10. The Hall–Kier alpha value is -15.2. The fourth-order valence-corrected chi connectivity index (χ4v) is 23.4. The van der Waals surface area contributed by atoms with Crippen molar-refractivity contribution in [2.75, 3.05) is 0 Å². The van der Waals surface area contributed by atoms with Crippen molar-refractivity contribution in [3.8, 4) is 96.5 Å². The number of para-hydroxylation sites is 1. The highest BCUT2D eigenvalue weighted by Gasteiger charge is 2.28. The Morgan fingerprint density at radius 2 is 0.567 bits per heavy atom. The molecule has 0 amide bonds. The van der Waals surface area contributed by atoms with E-state index in [1.54, 1.807) is 0 Å². The third-order valence-corrected chi connectivity index (χ3v) is 28.4. The molecule has 27 aromatic rings. The quantitative estimate of drug-likeness (QED) is 0.135. The van der Waals surface area contributed by atoms with Crippen molar-refractivity contribution in [3.05, 3.63) is 358 Å². The van der Waals surface area contributed by atoms with Crippen molar-refractivity contribution in [1.82, 2.24) is 43.6 Å². The molecule has 27 rings (SSSR count). The summed E-state index contributed by atoms with van der Waals surface area (Å²) in [6.45, 7) is 0. The van der Waals surface area contributed by atoms with Crippen LogP contribution in [-0.2, 0) is 0 Å². The number of benzene rings is 19. The van der Waals surface area contributed by atoms with Gasteiger partial charge in [-0.05, 0) is 165 Å². The van der Waals surface area contributed by atoms with Gasteiger partial charge in [0.25, 0.3) is 0 Å². The van der Waals surface area contributed by atoms with E-state index in [1.807, 2.05) is 58.3 Å². The molecule has 0 aliphatic rings. The number of aromatic nitrogens is 9. The molecule has 19 aromatic carbocycles. The third kappa shape index (κ3) is 9.57.